The Morgan fingerprint density at radius 1 is 1.09 bits per heavy atom. The van der Waals surface area contributed by atoms with Crippen molar-refractivity contribution in [3.63, 3.8) is 0 Å². The Morgan fingerprint density at radius 2 is 1.89 bits per heavy atom. The molecule has 1 saturated heterocycles. The van der Waals surface area contributed by atoms with Crippen LogP contribution in [-0.4, -0.2) is 85.6 Å². The van der Waals surface area contributed by atoms with Gasteiger partial charge in [0.25, 0.3) is 5.91 Å². The smallest absolute Gasteiger partial charge is 0.474 e. The number of nitrogens with zero attached hydrogens (tertiary/aromatic N) is 5. The van der Waals surface area contributed by atoms with Gasteiger partial charge in [-0.1, -0.05) is 18.2 Å². The summed E-state index contributed by atoms with van der Waals surface area (Å²) in [6.45, 7) is 5.72. The van der Waals surface area contributed by atoms with Crippen LogP contribution in [0.1, 0.15) is 64.9 Å². The fourth-order valence-electron chi connectivity index (χ4n) is 5.86. The number of amides is 2. The van der Waals surface area contributed by atoms with Crippen LogP contribution in [0, 0.1) is 0 Å². The molecule has 3 N–H and O–H groups in total. The predicted molar refractivity (Wildman–Crippen MR) is 166 cm³/mol. The van der Waals surface area contributed by atoms with Crippen molar-refractivity contribution in [2.45, 2.75) is 83.1 Å². The zero-order chi connectivity index (χ0) is 31.0. The number of benzene rings is 2. The van der Waals surface area contributed by atoms with E-state index in [-0.39, 0.29) is 12.2 Å². The molecule has 3 aromatic rings. The van der Waals surface area contributed by atoms with Crippen molar-refractivity contribution in [2.24, 2.45) is 5.10 Å². The molecule has 1 aliphatic carbocycles. The number of hydrazone groups is 1. The molecule has 44 heavy (non-hydrogen) atoms. The quantitative estimate of drug-likeness (QED) is 0.375. The highest BCUT2D eigenvalue weighted by Gasteiger charge is 2.43. The topological polar surface area (TPSA) is 150 Å². The number of carbonyl (C=O) groups is 2. The lowest BCUT2D eigenvalue weighted by atomic mass is 9.69. The standard InChI is InChI=1S/C31H37BN6O6/c1-31(2,3)44-30(41)37-15-5-7-25(37)28(40)38-32(42)24-16-21(10-9-19(24)18-34-38)35-29-33-17-20-6-4-8-26(27(20)36-29)43-23-13-11-22(39)12-14-23/h4,6,8-10,16-18,22-23,25,39,42H,5,7,11-15H2,1-3H3,(H,33,35,36)/t22-,23+,25?. The highest BCUT2D eigenvalue weighted by Crippen LogP contribution is 2.30. The van der Waals surface area contributed by atoms with Gasteiger partial charge in [-0.3, -0.25) is 9.69 Å². The Bertz CT molecular complexity index is 1590. The molecule has 13 heteroatoms. The summed E-state index contributed by atoms with van der Waals surface area (Å²) >= 11 is 0. The molecule has 1 unspecified atom stereocenters. The van der Waals surface area contributed by atoms with Gasteiger partial charge < -0.3 is 24.9 Å². The molecule has 2 aromatic carbocycles. The Morgan fingerprint density at radius 3 is 2.66 bits per heavy atom. The average molecular weight is 600 g/mol. The first-order valence-electron chi connectivity index (χ1n) is 15.1. The minimum Gasteiger partial charge on any atom is -0.488 e. The van der Waals surface area contributed by atoms with Gasteiger partial charge in [-0.25, -0.2) is 19.7 Å². The van der Waals surface area contributed by atoms with Crippen LogP contribution in [0.3, 0.4) is 0 Å². The number of hydrogen-bond donors (Lipinski definition) is 3. The monoisotopic (exact) mass is 600 g/mol. The van der Waals surface area contributed by atoms with Crippen molar-refractivity contribution in [2.75, 3.05) is 11.9 Å². The number of aliphatic hydroxyl groups is 1. The summed E-state index contributed by atoms with van der Waals surface area (Å²) in [6.07, 6.45) is 6.56. The summed E-state index contributed by atoms with van der Waals surface area (Å²) < 4.78 is 11.8. The van der Waals surface area contributed by atoms with Crippen molar-refractivity contribution < 1.29 is 29.2 Å². The van der Waals surface area contributed by atoms with E-state index in [2.05, 4.69) is 15.4 Å². The number of para-hydroxylation sites is 1. The van der Waals surface area contributed by atoms with Crippen molar-refractivity contribution in [3.05, 3.63) is 48.2 Å². The predicted octanol–water partition coefficient (Wildman–Crippen LogP) is 3.32. The van der Waals surface area contributed by atoms with Crippen molar-refractivity contribution in [3.8, 4) is 5.75 Å². The first kappa shape index (κ1) is 29.8. The summed E-state index contributed by atoms with van der Waals surface area (Å²) in [5.41, 5.74) is 1.73. The molecule has 2 fully saturated rings. The third kappa shape index (κ3) is 6.34. The van der Waals surface area contributed by atoms with Crippen molar-refractivity contribution >= 4 is 53.3 Å². The molecule has 3 aliphatic rings. The van der Waals surface area contributed by atoms with Crippen LogP contribution in [0.5, 0.6) is 5.75 Å². The highest BCUT2D eigenvalue weighted by atomic mass is 16.6. The molecule has 0 radical (unpaired) electrons. The number of aromatic nitrogens is 2. The van der Waals surface area contributed by atoms with Gasteiger partial charge in [0.2, 0.25) is 5.95 Å². The second-order valence-electron chi connectivity index (χ2n) is 12.5. The first-order valence-corrected chi connectivity index (χ1v) is 15.1. The van der Waals surface area contributed by atoms with Crippen LogP contribution in [0.2, 0.25) is 0 Å². The fraction of sp³-hybridized carbons (Fsp3) is 0.452. The third-order valence-electron chi connectivity index (χ3n) is 8.08. The Hall–Kier alpha value is -4.23. The number of rotatable bonds is 5. The van der Waals surface area contributed by atoms with E-state index in [9.17, 15) is 19.7 Å². The molecule has 230 valence electrons. The lowest BCUT2D eigenvalue weighted by molar-refractivity contribution is -0.132. The number of nitrogens with one attached hydrogen (secondary N) is 1. The van der Waals surface area contributed by atoms with E-state index in [1.165, 1.54) is 11.1 Å². The van der Waals surface area contributed by atoms with Gasteiger partial charge >= 0.3 is 13.1 Å². The molecule has 3 heterocycles. The molecule has 2 aliphatic heterocycles. The van der Waals surface area contributed by atoms with Crippen LogP contribution in [0.25, 0.3) is 10.9 Å². The Kier molecular flexibility index (Phi) is 8.17. The number of carbonyl (C=O) groups excluding carboxylic acids is 2. The van der Waals surface area contributed by atoms with E-state index in [0.717, 1.165) is 36.0 Å². The van der Waals surface area contributed by atoms with Gasteiger partial charge in [0.15, 0.2) is 0 Å². The number of hydrogen-bond acceptors (Lipinski definition) is 10. The average Bonchev–Trinajstić information content (AvgIpc) is 3.49. The molecule has 12 nitrogen and oxygen atoms in total. The van der Waals surface area contributed by atoms with Crippen LogP contribution in [0.4, 0.5) is 16.4 Å². The largest absolute Gasteiger partial charge is 0.488 e. The molecule has 2 amide bonds. The lowest BCUT2D eigenvalue weighted by Gasteiger charge is -2.32. The van der Waals surface area contributed by atoms with E-state index in [1.807, 2.05) is 24.3 Å². The second kappa shape index (κ2) is 12.0. The van der Waals surface area contributed by atoms with Gasteiger partial charge in [0.05, 0.1) is 18.4 Å². The molecular weight excluding hydrogens is 563 g/mol. The highest BCUT2D eigenvalue weighted by molar-refractivity contribution is 6.67. The van der Waals surface area contributed by atoms with E-state index >= 15 is 0 Å². The van der Waals surface area contributed by atoms with Crippen LogP contribution >= 0.6 is 0 Å². The van der Waals surface area contributed by atoms with Crippen molar-refractivity contribution in [1.29, 1.82) is 0 Å². The van der Waals surface area contributed by atoms with Gasteiger partial charge in [-0.05, 0) is 88.5 Å². The van der Waals surface area contributed by atoms with Gasteiger partial charge in [-0.2, -0.15) is 5.10 Å². The second-order valence-corrected chi connectivity index (χ2v) is 12.5. The fourth-order valence-corrected chi connectivity index (χ4v) is 5.86. The van der Waals surface area contributed by atoms with Crippen LogP contribution < -0.4 is 15.5 Å². The van der Waals surface area contributed by atoms with E-state index in [4.69, 9.17) is 14.5 Å². The number of anilines is 2. The summed E-state index contributed by atoms with van der Waals surface area (Å²) in [5.74, 6) is 0.533. The number of fused-ring (bicyclic) bond motifs is 2. The van der Waals surface area contributed by atoms with Crippen LogP contribution in [0.15, 0.2) is 47.7 Å². The normalized spacial score (nSPS) is 21.8. The number of likely N-dealkylation sites (tertiary alicyclic amines) is 1. The maximum atomic E-state index is 13.5. The molecule has 1 atom stereocenters. The number of ether oxygens (including phenoxy) is 2. The van der Waals surface area contributed by atoms with E-state index < -0.39 is 30.7 Å². The number of aliphatic hydroxyl groups excluding tert-OH is 1. The van der Waals surface area contributed by atoms with Gasteiger partial charge in [0, 0.05) is 23.8 Å². The third-order valence-corrected chi connectivity index (χ3v) is 8.08. The molecule has 1 aromatic heterocycles. The molecule has 6 rings (SSSR count). The molecule has 1 saturated carbocycles. The maximum Gasteiger partial charge on any atom is 0.474 e. The summed E-state index contributed by atoms with van der Waals surface area (Å²) in [4.78, 5) is 37.9. The van der Waals surface area contributed by atoms with Gasteiger partial charge in [0.1, 0.15) is 22.9 Å². The zero-order valence-corrected chi connectivity index (χ0v) is 25.1. The molecule has 0 bridgehead atoms. The Balaban J connectivity index is 1.18. The zero-order valence-electron chi connectivity index (χ0n) is 25.1. The maximum absolute atomic E-state index is 13.5. The Labute approximate surface area is 256 Å². The van der Waals surface area contributed by atoms with E-state index in [0.29, 0.717) is 53.3 Å². The minimum absolute atomic E-state index is 0.0188. The summed E-state index contributed by atoms with van der Waals surface area (Å²) in [5, 5.41) is 29.4. The first-order chi connectivity index (χ1) is 21.1. The minimum atomic E-state index is -1.35. The van der Waals surface area contributed by atoms with E-state index in [1.54, 1.807) is 39.1 Å². The van der Waals surface area contributed by atoms with Crippen molar-refractivity contribution in [1.82, 2.24) is 19.8 Å². The molecule has 0 spiro atoms. The summed E-state index contributed by atoms with van der Waals surface area (Å²) in [7, 11) is -1.35. The van der Waals surface area contributed by atoms with Crippen LogP contribution in [-0.2, 0) is 9.53 Å². The molecular formula is C31H37BN6O6. The van der Waals surface area contributed by atoms with Gasteiger partial charge in [-0.15, -0.1) is 0 Å². The summed E-state index contributed by atoms with van der Waals surface area (Å²) in [6, 6.07) is 10.3. The SMILES string of the molecule is CC(C)(C)OC(=O)N1CCCC1C(=O)N1N=Cc2ccc(Nc3ncc4cccc(O[C@H]5CC[C@@H](O)CC5)c4n3)cc2B1O. The lowest BCUT2D eigenvalue weighted by Crippen LogP contribution is -2.57.